The molecule has 1 fully saturated rings. The Hall–Kier alpha value is -1.39. The second-order valence-electron chi connectivity index (χ2n) is 5.62. The van der Waals surface area contributed by atoms with E-state index in [9.17, 15) is 0 Å². The van der Waals surface area contributed by atoms with Gasteiger partial charge in [-0.25, -0.2) is 0 Å². The summed E-state index contributed by atoms with van der Waals surface area (Å²) in [6, 6.07) is 9.16. The van der Waals surface area contributed by atoms with E-state index < -0.39 is 0 Å². The van der Waals surface area contributed by atoms with E-state index in [1.165, 1.54) is 16.3 Å². The standard InChI is InChI=1S/C16H15NO2S/c1-2-4-12-10(3-1)9-20-16-15-11(5-7-19-15)14-13(17(12)16)6-8-18-14/h1-5,7,11,13-14H,6,8-9H2. The molecule has 102 valence electrons. The monoisotopic (exact) mass is 285 g/mol. The summed E-state index contributed by atoms with van der Waals surface area (Å²) in [6.07, 6.45) is 5.32. The molecule has 4 aliphatic rings. The van der Waals surface area contributed by atoms with E-state index >= 15 is 0 Å². The lowest BCUT2D eigenvalue weighted by Gasteiger charge is -2.44. The lowest BCUT2D eigenvalue weighted by molar-refractivity contribution is 0.0687. The lowest BCUT2D eigenvalue weighted by atomic mass is 9.90. The van der Waals surface area contributed by atoms with Gasteiger partial charge in [0.2, 0.25) is 0 Å². The largest absolute Gasteiger partial charge is 0.466 e. The summed E-state index contributed by atoms with van der Waals surface area (Å²) in [4.78, 5) is 2.47. The van der Waals surface area contributed by atoms with E-state index in [2.05, 4.69) is 35.2 Å². The molecule has 0 aromatic heterocycles. The number of fused-ring (bicyclic) bond motifs is 7. The molecular formula is C16H15NO2S. The van der Waals surface area contributed by atoms with Crippen LogP contribution in [0.25, 0.3) is 0 Å². The van der Waals surface area contributed by atoms with Crippen molar-refractivity contribution in [1.82, 2.24) is 0 Å². The van der Waals surface area contributed by atoms with Crippen molar-refractivity contribution in [3.63, 3.8) is 0 Å². The molecule has 3 nitrogen and oxygen atoms in total. The first kappa shape index (κ1) is 11.3. The van der Waals surface area contributed by atoms with Crippen LogP contribution in [0.5, 0.6) is 0 Å². The molecule has 3 atom stereocenters. The van der Waals surface area contributed by atoms with Crippen LogP contribution in [0.2, 0.25) is 0 Å². The van der Waals surface area contributed by atoms with Crippen molar-refractivity contribution in [2.45, 2.75) is 24.3 Å². The van der Waals surface area contributed by atoms with Crippen molar-refractivity contribution in [2.24, 2.45) is 5.92 Å². The molecule has 0 amide bonds. The normalized spacial score (nSPS) is 33.4. The summed E-state index contributed by atoms with van der Waals surface area (Å²) in [5.41, 5.74) is 2.75. The van der Waals surface area contributed by atoms with E-state index in [1.807, 2.05) is 18.0 Å². The highest BCUT2D eigenvalue weighted by Gasteiger charge is 2.49. The van der Waals surface area contributed by atoms with Crippen LogP contribution in [0.1, 0.15) is 12.0 Å². The Morgan fingerprint density at radius 2 is 2.20 bits per heavy atom. The number of para-hydroxylation sites is 1. The highest BCUT2D eigenvalue weighted by Crippen LogP contribution is 2.51. The maximum atomic E-state index is 6.02. The summed E-state index contributed by atoms with van der Waals surface area (Å²) in [5.74, 6) is 2.43. The number of hydrogen-bond acceptors (Lipinski definition) is 4. The van der Waals surface area contributed by atoms with Crippen LogP contribution in [-0.2, 0) is 15.2 Å². The molecule has 1 aromatic carbocycles. The number of thioether (sulfide) groups is 1. The predicted octanol–water partition coefficient (Wildman–Crippen LogP) is 3.24. The first-order chi connectivity index (χ1) is 9.93. The number of anilines is 1. The van der Waals surface area contributed by atoms with Crippen LogP contribution in [-0.4, -0.2) is 18.8 Å². The van der Waals surface area contributed by atoms with Gasteiger partial charge in [-0.15, -0.1) is 0 Å². The first-order valence-electron chi connectivity index (χ1n) is 7.12. The first-order valence-corrected chi connectivity index (χ1v) is 8.11. The molecule has 5 rings (SSSR count). The van der Waals surface area contributed by atoms with Crippen LogP contribution >= 0.6 is 11.8 Å². The van der Waals surface area contributed by atoms with Gasteiger partial charge in [-0.05, 0) is 24.1 Å². The predicted molar refractivity (Wildman–Crippen MR) is 79.1 cm³/mol. The summed E-state index contributed by atoms with van der Waals surface area (Å²) >= 11 is 1.90. The third-order valence-electron chi connectivity index (χ3n) is 4.62. The SMILES string of the molecule is C1=CC2C(=C3SCc4ccccc4N3C3CCOC23)O1. The zero-order valence-electron chi connectivity index (χ0n) is 11.0. The van der Waals surface area contributed by atoms with Gasteiger partial charge < -0.3 is 14.4 Å². The van der Waals surface area contributed by atoms with Gasteiger partial charge in [-0.2, -0.15) is 0 Å². The average molecular weight is 285 g/mol. The second-order valence-corrected chi connectivity index (χ2v) is 6.58. The number of nitrogens with zero attached hydrogens (tertiary/aromatic N) is 1. The van der Waals surface area contributed by atoms with Gasteiger partial charge in [-0.1, -0.05) is 30.0 Å². The zero-order valence-corrected chi connectivity index (χ0v) is 11.8. The molecule has 0 aliphatic carbocycles. The van der Waals surface area contributed by atoms with Crippen LogP contribution in [0, 0.1) is 5.92 Å². The second kappa shape index (κ2) is 4.06. The zero-order chi connectivity index (χ0) is 13.1. The Bertz CT molecular complexity index is 639. The third-order valence-corrected chi connectivity index (χ3v) is 5.74. The van der Waals surface area contributed by atoms with Gasteiger partial charge in [0.25, 0.3) is 0 Å². The van der Waals surface area contributed by atoms with Crippen molar-refractivity contribution >= 4 is 17.4 Å². The molecule has 4 aliphatic heterocycles. The van der Waals surface area contributed by atoms with E-state index in [4.69, 9.17) is 9.47 Å². The molecular weight excluding hydrogens is 270 g/mol. The Morgan fingerprint density at radius 1 is 1.25 bits per heavy atom. The Kier molecular flexibility index (Phi) is 2.29. The van der Waals surface area contributed by atoms with Crippen molar-refractivity contribution in [2.75, 3.05) is 11.5 Å². The third kappa shape index (κ3) is 1.36. The minimum absolute atomic E-state index is 0.235. The van der Waals surface area contributed by atoms with Gasteiger partial charge in [0, 0.05) is 18.0 Å². The topological polar surface area (TPSA) is 21.7 Å². The molecule has 0 spiro atoms. The van der Waals surface area contributed by atoms with Gasteiger partial charge >= 0.3 is 0 Å². The lowest BCUT2D eigenvalue weighted by Crippen LogP contribution is -2.49. The summed E-state index contributed by atoms with van der Waals surface area (Å²) < 4.78 is 11.8. The van der Waals surface area contributed by atoms with Gasteiger partial charge in [0.05, 0.1) is 24.3 Å². The van der Waals surface area contributed by atoms with E-state index in [0.29, 0.717) is 12.0 Å². The minimum Gasteiger partial charge on any atom is -0.466 e. The van der Waals surface area contributed by atoms with Crippen LogP contribution < -0.4 is 4.90 Å². The maximum Gasteiger partial charge on any atom is 0.143 e. The number of rotatable bonds is 0. The molecule has 4 heteroatoms. The fraction of sp³-hybridized carbons (Fsp3) is 0.375. The summed E-state index contributed by atoms with van der Waals surface area (Å²) in [7, 11) is 0. The molecule has 4 heterocycles. The molecule has 3 unspecified atom stereocenters. The van der Waals surface area contributed by atoms with Crippen LogP contribution in [0.3, 0.4) is 0 Å². The van der Waals surface area contributed by atoms with Gasteiger partial charge in [-0.3, -0.25) is 0 Å². The molecule has 20 heavy (non-hydrogen) atoms. The van der Waals surface area contributed by atoms with Crippen LogP contribution in [0.4, 0.5) is 5.69 Å². The van der Waals surface area contributed by atoms with Gasteiger partial charge in [0.1, 0.15) is 10.8 Å². The van der Waals surface area contributed by atoms with E-state index in [-0.39, 0.29) is 6.10 Å². The molecule has 0 N–H and O–H groups in total. The van der Waals surface area contributed by atoms with Crippen molar-refractivity contribution in [3.8, 4) is 0 Å². The summed E-state index contributed by atoms with van der Waals surface area (Å²) in [5, 5.41) is 1.30. The summed E-state index contributed by atoms with van der Waals surface area (Å²) in [6.45, 7) is 0.851. The molecule has 1 saturated heterocycles. The van der Waals surface area contributed by atoms with Crippen molar-refractivity contribution < 1.29 is 9.47 Å². The van der Waals surface area contributed by atoms with E-state index in [1.54, 1.807) is 0 Å². The fourth-order valence-electron chi connectivity index (χ4n) is 3.75. The fourth-order valence-corrected chi connectivity index (χ4v) is 4.98. The van der Waals surface area contributed by atoms with Crippen molar-refractivity contribution in [1.29, 1.82) is 0 Å². The quantitative estimate of drug-likeness (QED) is 0.729. The molecule has 1 aromatic rings. The minimum atomic E-state index is 0.235. The molecule has 0 bridgehead atoms. The Morgan fingerprint density at radius 3 is 3.20 bits per heavy atom. The average Bonchev–Trinajstić information content (AvgIpc) is 3.15. The maximum absolute atomic E-state index is 6.02. The highest BCUT2D eigenvalue weighted by molar-refractivity contribution is 8.02. The highest BCUT2D eigenvalue weighted by atomic mass is 32.2. The van der Waals surface area contributed by atoms with Crippen LogP contribution in [0.15, 0.2) is 47.4 Å². The van der Waals surface area contributed by atoms with Gasteiger partial charge in [0.15, 0.2) is 0 Å². The number of benzene rings is 1. The molecule has 0 radical (unpaired) electrons. The Labute approximate surface area is 122 Å². The Balaban J connectivity index is 1.72. The van der Waals surface area contributed by atoms with E-state index in [0.717, 1.165) is 24.5 Å². The van der Waals surface area contributed by atoms with Crippen molar-refractivity contribution in [3.05, 3.63) is 53.0 Å². The number of ether oxygens (including phenoxy) is 2. The number of hydrogen-bond donors (Lipinski definition) is 0. The smallest absolute Gasteiger partial charge is 0.143 e. The molecule has 0 saturated carbocycles.